The molecule has 0 aromatic heterocycles. The van der Waals surface area contributed by atoms with E-state index in [1.165, 1.54) is 24.8 Å². The molecule has 3 aromatic rings. The Morgan fingerprint density at radius 2 is 1.57 bits per heavy atom. The first kappa shape index (κ1) is 30.9. The van der Waals surface area contributed by atoms with Gasteiger partial charge in [-0.3, -0.25) is 0 Å². The summed E-state index contributed by atoms with van der Waals surface area (Å²) in [4.78, 5) is 26.7. The van der Waals surface area contributed by atoms with Crippen LogP contribution in [0.5, 0.6) is 0 Å². The Morgan fingerprint density at radius 3 is 2.17 bits per heavy atom. The normalized spacial score (nSPS) is 14.9. The fourth-order valence-electron chi connectivity index (χ4n) is 5.35. The van der Waals surface area contributed by atoms with Gasteiger partial charge in [0.05, 0.1) is 17.7 Å². The first-order valence-corrected chi connectivity index (χ1v) is 13.8. The van der Waals surface area contributed by atoms with Gasteiger partial charge in [0, 0.05) is 37.5 Å². The highest BCUT2D eigenvalue weighted by Crippen LogP contribution is 2.31. The molecule has 1 aliphatic heterocycles. The molecule has 1 fully saturated rings. The van der Waals surface area contributed by atoms with Gasteiger partial charge >= 0.3 is 11.9 Å². The highest BCUT2D eigenvalue weighted by atomic mass is 16.5. The van der Waals surface area contributed by atoms with Gasteiger partial charge in [-0.1, -0.05) is 37.3 Å². The lowest BCUT2D eigenvalue weighted by Gasteiger charge is -2.38. The van der Waals surface area contributed by atoms with E-state index in [9.17, 15) is 9.59 Å². The number of methoxy groups -OCH3 is 1. The van der Waals surface area contributed by atoms with Gasteiger partial charge in [0.25, 0.3) is 0 Å². The second-order valence-electron chi connectivity index (χ2n) is 10.6. The first-order valence-electron chi connectivity index (χ1n) is 13.8. The van der Waals surface area contributed by atoms with Crippen molar-refractivity contribution >= 4 is 17.6 Å². The molecule has 0 saturated carbocycles. The van der Waals surface area contributed by atoms with Gasteiger partial charge in [-0.2, -0.15) is 0 Å². The maximum atomic E-state index is 11.1. The van der Waals surface area contributed by atoms with E-state index in [2.05, 4.69) is 30.9 Å². The van der Waals surface area contributed by atoms with Crippen molar-refractivity contribution < 1.29 is 24.5 Å². The van der Waals surface area contributed by atoms with Gasteiger partial charge in [0.2, 0.25) is 0 Å². The molecule has 0 bridgehead atoms. The number of carbonyl (C=O) groups is 2. The number of hydrogen-bond acceptors (Lipinski definition) is 5. The predicted molar refractivity (Wildman–Crippen MR) is 160 cm³/mol. The van der Waals surface area contributed by atoms with Crippen LogP contribution in [0.25, 0.3) is 11.1 Å². The van der Waals surface area contributed by atoms with Crippen LogP contribution >= 0.6 is 0 Å². The topological polar surface area (TPSA) is 90.3 Å². The molecule has 0 aliphatic carbocycles. The molecule has 7 heteroatoms. The summed E-state index contributed by atoms with van der Waals surface area (Å²) in [7, 11) is 5.61. The van der Waals surface area contributed by atoms with Gasteiger partial charge < -0.3 is 24.7 Å². The molecule has 3 aromatic carbocycles. The highest BCUT2D eigenvalue weighted by Gasteiger charge is 2.23. The second-order valence-corrected chi connectivity index (χ2v) is 10.6. The van der Waals surface area contributed by atoms with Crippen molar-refractivity contribution in [3.05, 3.63) is 88.5 Å². The van der Waals surface area contributed by atoms with Crippen molar-refractivity contribution in [3.8, 4) is 11.1 Å². The van der Waals surface area contributed by atoms with Crippen molar-refractivity contribution in [1.82, 2.24) is 4.90 Å². The Morgan fingerprint density at radius 1 is 0.925 bits per heavy atom. The minimum absolute atomic E-state index is 0.325. The Balaban J connectivity index is 0.000000220. The van der Waals surface area contributed by atoms with Crippen molar-refractivity contribution in [2.24, 2.45) is 0 Å². The van der Waals surface area contributed by atoms with Crippen molar-refractivity contribution in [2.45, 2.75) is 58.7 Å². The van der Waals surface area contributed by atoms with E-state index in [0.29, 0.717) is 30.3 Å². The molecule has 7 nitrogen and oxygen atoms in total. The van der Waals surface area contributed by atoms with Crippen LogP contribution in [0.2, 0.25) is 0 Å². The summed E-state index contributed by atoms with van der Waals surface area (Å²) >= 11 is 0. The molecule has 214 valence electrons. The number of nitrogens with zero attached hydrogens (tertiary/aromatic N) is 2. The maximum absolute atomic E-state index is 11.1. The molecular formula is C33H42N2O5. The molecule has 0 radical (unpaired) electrons. The summed E-state index contributed by atoms with van der Waals surface area (Å²) in [6, 6.07) is 19.4. The van der Waals surface area contributed by atoms with E-state index >= 15 is 0 Å². The summed E-state index contributed by atoms with van der Waals surface area (Å²) in [5, 5.41) is 18.3. The van der Waals surface area contributed by atoms with E-state index in [-0.39, 0.29) is 0 Å². The Labute approximate surface area is 238 Å². The number of benzene rings is 3. The van der Waals surface area contributed by atoms with Crippen LogP contribution in [0, 0.1) is 6.92 Å². The zero-order valence-electron chi connectivity index (χ0n) is 24.3. The number of carboxylic acid groups (broad SMARTS) is 2. The molecule has 0 amide bonds. The number of ether oxygens (including phenoxy) is 1. The number of piperidine rings is 1. The van der Waals surface area contributed by atoms with Crippen molar-refractivity contribution in [1.29, 1.82) is 0 Å². The van der Waals surface area contributed by atoms with E-state index in [1.54, 1.807) is 31.4 Å². The maximum Gasteiger partial charge on any atom is 0.335 e. The third-order valence-corrected chi connectivity index (χ3v) is 7.31. The van der Waals surface area contributed by atoms with Crippen LogP contribution in [-0.2, 0) is 17.9 Å². The number of rotatable bonds is 9. The molecule has 1 heterocycles. The highest BCUT2D eigenvalue weighted by molar-refractivity contribution is 5.89. The van der Waals surface area contributed by atoms with Crippen LogP contribution in [0.4, 0.5) is 5.69 Å². The number of carboxylic acids is 2. The summed E-state index contributed by atoms with van der Waals surface area (Å²) in [5.74, 6) is -1.78. The molecular weight excluding hydrogens is 504 g/mol. The number of aromatic carboxylic acids is 2. The van der Waals surface area contributed by atoms with Crippen LogP contribution in [0.3, 0.4) is 0 Å². The number of aryl methyl sites for hydroxylation is 1. The van der Waals surface area contributed by atoms with Crippen LogP contribution in [-0.4, -0.2) is 60.8 Å². The Kier molecular flexibility index (Phi) is 11.3. The minimum atomic E-state index is -0.889. The molecule has 1 aliphatic rings. The summed E-state index contributed by atoms with van der Waals surface area (Å²) < 4.78 is 5.24. The second kappa shape index (κ2) is 14.6. The van der Waals surface area contributed by atoms with Gasteiger partial charge in [0.1, 0.15) is 0 Å². The van der Waals surface area contributed by atoms with Gasteiger partial charge in [-0.05, 0) is 99.3 Å². The van der Waals surface area contributed by atoms with Crippen molar-refractivity contribution in [3.63, 3.8) is 0 Å². The number of hydrogen-bond donors (Lipinski definition) is 2. The SMILES string of the molecule is CCC1CCCCN1c1ccc(C(=O)O)cc1COC.Cc1ccccc1-c1ccc(C(=O)O)cc1CN(C)C. The average Bonchev–Trinajstić information content (AvgIpc) is 2.93. The van der Waals surface area contributed by atoms with E-state index in [4.69, 9.17) is 14.9 Å². The summed E-state index contributed by atoms with van der Waals surface area (Å²) in [6.07, 6.45) is 4.81. The van der Waals surface area contributed by atoms with Crippen LogP contribution in [0.15, 0.2) is 60.7 Å². The molecule has 1 unspecified atom stereocenters. The average molecular weight is 547 g/mol. The lowest BCUT2D eigenvalue weighted by molar-refractivity contribution is 0.0686. The third-order valence-electron chi connectivity index (χ3n) is 7.31. The van der Waals surface area contributed by atoms with E-state index < -0.39 is 11.9 Å². The molecule has 1 saturated heterocycles. The monoisotopic (exact) mass is 546 g/mol. The Bertz CT molecular complexity index is 1300. The quantitative estimate of drug-likeness (QED) is 0.308. The predicted octanol–water partition coefficient (Wildman–Crippen LogP) is 6.72. The van der Waals surface area contributed by atoms with Gasteiger partial charge in [0.15, 0.2) is 0 Å². The third kappa shape index (κ3) is 7.93. The fourth-order valence-corrected chi connectivity index (χ4v) is 5.35. The molecule has 2 N–H and O–H groups in total. The standard InChI is InChI=1S/C17H19NO2.C16H23NO3/c1-12-6-4-5-7-15(12)16-9-8-13(17(19)20)10-14(16)11-18(2)3;1-3-14-6-4-5-9-17(14)15-8-7-12(16(18)19)10-13(15)11-20-2/h4-10H,11H2,1-3H3,(H,19,20);7-8,10,14H,3-6,9,11H2,1-2H3,(H,18,19). The lowest BCUT2D eigenvalue weighted by atomic mass is 9.94. The van der Waals surface area contributed by atoms with Crippen molar-refractivity contribution in [2.75, 3.05) is 32.6 Å². The zero-order chi connectivity index (χ0) is 29.2. The molecule has 1 atom stereocenters. The molecule has 40 heavy (non-hydrogen) atoms. The molecule has 4 rings (SSSR count). The summed E-state index contributed by atoms with van der Waals surface area (Å²) in [6.45, 7) is 6.49. The van der Waals surface area contributed by atoms with Crippen LogP contribution < -0.4 is 4.90 Å². The fraction of sp³-hybridized carbons (Fsp3) is 0.394. The largest absolute Gasteiger partial charge is 0.478 e. The lowest BCUT2D eigenvalue weighted by Crippen LogP contribution is -2.39. The van der Waals surface area contributed by atoms with Crippen LogP contribution in [0.1, 0.15) is 70.0 Å². The Hall–Kier alpha value is -3.68. The first-order chi connectivity index (χ1) is 19.2. The van der Waals surface area contributed by atoms with Gasteiger partial charge in [-0.25, -0.2) is 9.59 Å². The summed E-state index contributed by atoms with van der Waals surface area (Å²) in [5.41, 5.74) is 7.23. The smallest absolute Gasteiger partial charge is 0.335 e. The number of anilines is 1. The molecule has 0 spiro atoms. The van der Waals surface area contributed by atoms with Gasteiger partial charge in [-0.15, -0.1) is 0 Å². The minimum Gasteiger partial charge on any atom is -0.478 e. The van der Waals surface area contributed by atoms with E-state index in [1.807, 2.05) is 43.3 Å². The van der Waals surface area contributed by atoms with E-state index in [0.717, 1.165) is 40.9 Å². The zero-order valence-corrected chi connectivity index (χ0v) is 24.3.